The Morgan fingerprint density at radius 2 is 1.71 bits per heavy atom. The lowest BCUT2D eigenvalue weighted by Gasteiger charge is -2.20. The Bertz CT molecular complexity index is 715. The number of hydrogen-bond acceptors (Lipinski definition) is 5. The van der Waals surface area contributed by atoms with Gasteiger partial charge in [0, 0.05) is 5.56 Å². The number of carboxylic acid groups (broad SMARTS) is 1. The molecule has 0 aliphatic carbocycles. The molecular formula is C18H18NO5-. The molecule has 6 heteroatoms. The summed E-state index contributed by atoms with van der Waals surface area (Å²) in [6.45, 7) is 0. The lowest BCUT2D eigenvalue weighted by atomic mass is 10.1. The fraction of sp³-hybridized carbons (Fsp3) is 0.222. The Morgan fingerprint density at radius 1 is 1.04 bits per heavy atom. The molecule has 0 aliphatic heterocycles. The fourth-order valence-electron chi connectivity index (χ4n) is 2.26. The molecule has 1 amide bonds. The Kier molecular flexibility index (Phi) is 5.78. The third-order valence-corrected chi connectivity index (χ3v) is 3.52. The van der Waals surface area contributed by atoms with Crippen molar-refractivity contribution in [3.8, 4) is 11.5 Å². The average molecular weight is 328 g/mol. The van der Waals surface area contributed by atoms with Gasteiger partial charge in [0.2, 0.25) is 0 Å². The van der Waals surface area contributed by atoms with E-state index in [2.05, 4.69) is 5.32 Å². The lowest BCUT2D eigenvalue weighted by molar-refractivity contribution is -0.308. The minimum Gasteiger partial charge on any atom is -0.548 e. The number of methoxy groups -OCH3 is 2. The summed E-state index contributed by atoms with van der Waals surface area (Å²) >= 11 is 0. The van der Waals surface area contributed by atoms with Gasteiger partial charge in [-0.05, 0) is 30.2 Å². The summed E-state index contributed by atoms with van der Waals surface area (Å²) in [5.41, 5.74) is 1.06. The van der Waals surface area contributed by atoms with Crippen molar-refractivity contribution < 1.29 is 24.2 Å². The van der Waals surface area contributed by atoms with E-state index in [1.807, 2.05) is 6.07 Å². The molecule has 1 N–H and O–H groups in total. The smallest absolute Gasteiger partial charge is 0.251 e. The van der Waals surface area contributed by atoms with Gasteiger partial charge in [-0.3, -0.25) is 4.79 Å². The normalized spacial score (nSPS) is 11.4. The van der Waals surface area contributed by atoms with Crippen LogP contribution in [0.3, 0.4) is 0 Å². The Hall–Kier alpha value is -3.02. The monoisotopic (exact) mass is 328 g/mol. The maximum Gasteiger partial charge on any atom is 0.251 e. The second-order valence-electron chi connectivity index (χ2n) is 5.10. The first-order valence-corrected chi connectivity index (χ1v) is 7.32. The molecule has 0 saturated carbocycles. The van der Waals surface area contributed by atoms with Crippen LogP contribution in [-0.2, 0) is 11.2 Å². The summed E-state index contributed by atoms with van der Waals surface area (Å²) in [6, 6.07) is 12.5. The van der Waals surface area contributed by atoms with Crippen LogP contribution in [0.4, 0.5) is 0 Å². The van der Waals surface area contributed by atoms with Gasteiger partial charge in [0.25, 0.3) is 5.91 Å². The molecule has 2 aromatic rings. The molecule has 24 heavy (non-hydrogen) atoms. The van der Waals surface area contributed by atoms with Gasteiger partial charge in [-0.15, -0.1) is 0 Å². The molecular weight excluding hydrogens is 310 g/mol. The van der Waals surface area contributed by atoms with E-state index in [4.69, 9.17) is 9.47 Å². The summed E-state index contributed by atoms with van der Waals surface area (Å²) in [4.78, 5) is 23.6. The Labute approximate surface area is 140 Å². The van der Waals surface area contributed by atoms with Crippen molar-refractivity contribution in [2.75, 3.05) is 14.2 Å². The molecule has 0 bridgehead atoms. The van der Waals surface area contributed by atoms with Gasteiger partial charge in [0.1, 0.15) is 0 Å². The highest BCUT2D eigenvalue weighted by molar-refractivity contribution is 5.97. The predicted octanol–water partition coefficient (Wildman–Crippen LogP) is 0.795. The molecule has 0 aromatic heterocycles. The first-order valence-electron chi connectivity index (χ1n) is 7.32. The van der Waals surface area contributed by atoms with Crippen molar-refractivity contribution in [1.29, 1.82) is 0 Å². The SMILES string of the molecule is COc1ccc(C(=O)N[C@H](Cc2ccccc2)C(=O)[O-])cc1OC. The summed E-state index contributed by atoms with van der Waals surface area (Å²) in [5, 5.41) is 13.8. The zero-order chi connectivity index (χ0) is 17.5. The first kappa shape index (κ1) is 17.3. The maximum absolute atomic E-state index is 12.3. The van der Waals surface area contributed by atoms with E-state index in [0.29, 0.717) is 11.5 Å². The van der Waals surface area contributed by atoms with E-state index in [0.717, 1.165) is 5.56 Å². The standard InChI is InChI=1S/C18H19NO5/c1-23-15-9-8-13(11-16(15)24-2)17(20)19-14(18(21)22)10-12-6-4-3-5-7-12/h3-9,11,14H,10H2,1-2H3,(H,19,20)(H,21,22)/p-1/t14-/m1/s1. The predicted molar refractivity (Wildman–Crippen MR) is 86.0 cm³/mol. The van der Waals surface area contributed by atoms with Gasteiger partial charge < -0.3 is 24.7 Å². The zero-order valence-electron chi connectivity index (χ0n) is 13.4. The number of amides is 1. The number of benzene rings is 2. The number of aliphatic carboxylic acids is 1. The quantitative estimate of drug-likeness (QED) is 0.812. The van der Waals surface area contributed by atoms with Crippen LogP contribution in [-0.4, -0.2) is 32.1 Å². The lowest BCUT2D eigenvalue weighted by Crippen LogP contribution is -2.49. The fourth-order valence-corrected chi connectivity index (χ4v) is 2.26. The number of carboxylic acids is 1. The van der Waals surface area contributed by atoms with Crippen LogP contribution in [0.5, 0.6) is 11.5 Å². The highest BCUT2D eigenvalue weighted by Crippen LogP contribution is 2.27. The molecule has 0 heterocycles. The minimum atomic E-state index is -1.34. The number of rotatable bonds is 7. The van der Waals surface area contributed by atoms with Crippen LogP contribution in [0.15, 0.2) is 48.5 Å². The van der Waals surface area contributed by atoms with Crippen LogP contribution < -0.4 is 19.9 Å². The van der Waals surface area contributed by atoms with Crippen LogP contribution in [0.2, 0.25) is 0 Å². The van der Waals surface area contributed by atoms with Crippen LogP contribution in [0.25, 0.3) is 0 Å². The van der Waals surface area contributed by atoms with E-state index < -0.39 is 17.9 Å². The van der Waals surface area contributed by atoms with Crippen LogP contribution in [0, 0.1) is 0 Å². The van der Waals surface area contributed by atoms with Gasteiger partial charge in [-0.2, -0.15) is 0 Å². The maximum atomic E-state index is 12.3. The largest absolute Gasteiger partial charge is 0.548 e. The number of carbonyl (C=O) groups is 2. The number of carbonyl (C=O) groups excluding carboxylic acids is 2. The highest BCUT2D eigenvalue weighted by atomic mass is 16.5. The van der Waals surface area contributed by atoms with Crippen LogP contribution in [0.1, 0.15) is 15.9 Å². The van der Waals surface area contributed by atoms with E-state index in [9.17, 15) is 14.7 Å². The molecule has 0 radical (unpaired) electrons. The molecule has 0 saturated heterocycles. The topological polar surface area (TPSA) is 87.7 Å². The van der Waals surface area contributed by atoms with E-state index in [1.165, 1.54) is 26.4 Å². The van der Waals surface area contributed by atoms with Crippen molar-refractivity contribution in [2.45, 2.75) is 12.5 Å². The second kappa shape index (κ2) is 8.01. The third-order valence-electron chi connectivity index (χ3n) is 3.52. The van der Waals surface area contributed by atoms with Crippen molar-refractivity contribution >= 4 is 11.9 Å². The Morgan fingerprint density at radius 3 is 2.29 bits per heavy atom. The summed E-state index contributed by atoms with van der Waals surface area (Å²) in [5.74, 6) is -0.998. The number of ether oxygens (including phenoxy) is 2. The summed E-state index contributed by atoms with van der Waals surface area (Å²) in [7, 11) is 2.95. The zero-order valence-corrected chi connectivity index (χ0v) is 13.4. The van der Waals surface area contributed by atoms with Crippen molar-refractivity contribution in [1.82, 2.24) is 5.32 Å². The van der Waals surface area contributed by atoms with Gasteiger partial charge in [-0.1, -0.05) is 30.3 Å². The molecule has 0 spiro atoms. The molecule has 126 valence electrons. The molecule has 2 rings (SSSR count). The van der Waals surface area contributed by atoms with Gasteiger partial charge in [0.05, 0.1) is 26.2 Å². The van der Waals surface area contributed by atoms with E-state index >= 15 is 0 Å². The summed E-state index contributed by atoms with van der Waals surface area (Å²) in [6.07, 6.45) is 0.141. The molecule has 1 atom stereocenters. The van der Waals surface area contributed by atoms with Gasteiger partial charge in [-0.25, -0.2) is 0 Å². The second-order valence-corrected chi connectivity index (χ2v) is 5.10. The molecule has 0 unspecified atom stereocenters. The molecule has 2 aromatic carbocycles. The average Bonchev–Trinajstić information content (AvgIpc) is 2.61. The first-order chi connectivity index (χ1) is 11.5. The number of nitrogens with one attached hydrogen (secondary N) is 1. The van der Waals surface area contributed by atoms with Gasteiger partial charge >= 0.3 is 0 Å². The van der Waals surface area contributed by atoms with Crippen LogP contribution >= 0.6 is 0 Å². The van der Waals surface area contributed by atoms with E-state index in [-0.39, 0.29) is 12.0 Å². The molecule has 6 nitrogen and oxygen atoms in total. The minimum absolute atomic E-state index is 0.141. The van der Waals surface area contributed by atoms with Crippen molar-refractivity contribution in [2.24, 2.45) is 0 Å². The summed E-state index contributed by atoms with van der Waals surface area (Å²) < 4.78 is 10.2. The van der Waals surface area contributed by atoms with Crippen molar-refractivity contribution in [3.05, 3.63) is 59.7 Å². The molecule has 0 aliphatic rings. The highest BCUT2D eigenvalue weighted by Gasteiger charge is 2.17. The van der Waals surface area contributed by atoms with E-state index in [1.54, 1.807) is 30.3 Å². The Balaban J connectivity index is 2.14. The van der Waals surface area contributed by atoms with Crippen molar-refractivity contribution in [3.63, 3.8) is 0 Å². The molecule has 0 fully saturated rings. The third kappa shape index (κ3) is 4.25. The number of hydrogen-bond donors (Lipinski definition) is 1. The van der Waals surface area contributed by atoms with Gasteiger partial charge in [0.15, 0.2) is 11.5 Å².